The zero-order valence-corrected chi connectivity index (χ0v) is 22.5. The lowest BCUT2D eigenvalue weighted by molar-refractivity contribution is 0.131. The van der Waals surface area contributed by atoms with Gasteiger partial charge in [-0.25, -0.2) is 36.8 Å². The second-order valence-corrected chi connectivity index (χ2v) is 10.9. The number of aromatic nitrogens is 2. The highest BCUT2D eigenvalue weighted by Gasteiger charge is 2.36. The van der Waals surface area contributed by atoms with Gasteiger partial charge in [-0.2, -0.15) is 4.37 Å². The molecule has 38 heavy (non-hydrogen) atoms. The van der Waals surface area contributed by atoms with Crippen molar-refractivity contribution in [1.82, 2.24) is 14.3 Å². The third-order valence-electron chi connectivity index (χ3n) is 5.65. The summed E-state index contributed by atoms with van der Waals surface area (Å²) in [6.07, 6.45) is 1.96. The molecule has 1 N–H and O–H groups in total. The van der Waals surface area contributed by atoms with Crippen LogP contribution >= 0.6 is 23.1 Å². The number of sulfonamides is 1. The predicted octanol–water partition coefficient (Wildman–Crippen LogP) is 4.44. The van der Waals surface area contributed by atoms with Crippen molar-refractivity contribution in [3.63, 3.8) is 0 Å². The number of methoxy groups -OCH3 is 2. The van der Waals surface area contributed by atoms with Crippen LogP contribution in [0.4, 0.5) is 24.4 Å². The zero-order valence-electron chi connectivity index (χ0n) is 20.1. The van der Waals surface area contributed by atoms with Gasteiger partial charge in [0.2, 0.25) is 5.13 Å². The van der Waals surface area contributed by atoms with Crippen LogP contribution in [0.25, 0.3) is 0 Å². The molecule has 0 bridgehead atoms. The Morgan fingerprint density at radius 1 is 1.21 bits per heavy atom. The van der Waals surface area contributed by atoms with Crippen molar-refractivity contribution in [3.05, 3.63) is 52.8 Å². The maximum Gasteiger partial charge on any atom is 0.434 e. The molecule has 1 aliphatic heterocycles. The molecule has 1 amide bonds. The Labute approximate surface area is 226 Å². The number of halogens is 3. The van der Waals surface area contributed by atoms with Gasteiger partial charge >= 0.3 is 6.09 Å². The smallest absolute Gasteiger partial charge is 0.434 e. The number of amides is 1. The Balaban J connectivity index is 1.69. The maximum absolute atomic E-state index is 15.4. The lowest BCUT2D eigenvalue weighted by Gasteiger charge is -2.23. The van der Waals surface area contributed by atoms with Crippen LogP contribution in [0.2, 0.25) is 5.02 Å². The second kappa shape index (κ2) is 11.5. The van der Waals surface area contributed by atoms with E-state index in [1.54, 1.807) is 12.1 Å². The van der Waals surface area contributed by atoms with Crippen LogP contribution in [0.15, 0.2) is 35.5 Å². The van der Waals surface area contributed by atoms with E-state index in [4.69, 9.17) is 25.9 Å². The lowest BCUT2D eigenvalue weighted by Crippen LogP contribution is -2.32. The number of anilines is 2. The molecule has 0 radical (unpaired) electrons. The first-order valence-corrected chi connectivity index (χ1v) is 13.7. The zero-order chi connectivity index (χ0) is 27.4. The SMILES string of the molecule is COc1ccc(CN(c2ncns2)S(=O)(=O)c2c(F)cc(NOC(=O)N3CCCC3)c(Cl)c2F)c(OC)c1. The van der Waals surface area contributed by atoms with Crippen molar-refractivity contribution < 1.29 is 36.3 Å². The third kappa shape index (κ3) is 5.54. The summed E-state index contributed by atoms with van der Waals surface area (Å²) in [4.78, 5) is 21.0. The Morgan fingerprint density at radius 2 is 1.95 bits per heavy atom. The molecule has 0 unspecified atom stereocenters. The van der Waals surface area contributed by atoms with Crippen molar-refractivity contribution in [2.75, 3.05) is 37.1 Å². The van der Waals surface area contributed by atoms with Crippen LogP contribution in [-0.4, -0.2) is 56.1 Å². The predicted molar refractivity (Wildman–Crippen MR) is 135 cm³/mol. The van der Waals surface area contributed by atoms with Crippen molar-refractivity contribution in [2.24, 2.45) is 0 Å². The molecule has 1 saturated heterocycles. The number of carbonyl (C=O) groups is 1. The third-order valence-corrected chi connectivity index (χ3v) is 8.59. The molecular weight excluding hydrogens is 568 g/mol. The van der Waals surface area contributed by atoms with Crippen LogP contribution < -0.4 is 19.3 Å². The number of carbonyl (C=O) groups excluding carboxylic acids is 1. The second-order valence-electron chi connectivity index (χ2n) is 7.94. The molecule has 3 aromatic rings. The summed E-state index contributed by atoms with van der Waals surface area (Å²) in [5.41, 5.74) is 2.00. The molecule has 0 atom stereocenters. The van der Waals surface area contributed by atoms with Crippen molar-refractivity contribution in [2.45, 2.75) is 24.3 Å². The molecule has 1 aromatic heterocycles. The normalized spacial score (nSPS) is 13.3. The van der Waals surface area contributed by atoms with E-state index in [1.807, 2.05) is 0 Å². The van der Waals surface area contributed by atoms with Gasteiger partial charge in [-0.15, -0.1) is 0 Å². The first kappa shape index (κ1) is 27.6. The highest BCUT2D eigenvalue weighted by molar-refractivity contribution is 7.93. The van der Waals surface area contributed by atoms with Crippen molar-refractivity contribution in [3.8, 4) is 11.5 Å². The van der Waals surface area contributed by atoms with Crippen LogP contribution in [0.5, 0.6) is 11.5 Å². The molecule has 0 spiro atoms. The number of ether oxygens (including phenoxy) is 2. The molecule has 16 heteroatoms. The largest absolute Gasteiger partial charge is 0.497 e. The minimum absolute atomic E-state index is 0.153. The van der Waals surface area contributed by atoms with Crippen molar-refractivity contribution in [1.29, 1.82) is 0 Å². The summed E-state index contributed by atoms with van der Waals surface area (Å²) in [5, 5.41) is -0.946. The van der Waals surface area contributed by atoms with E-state index in [0.717, 1.165) is 19.2 Å². The molecular formula is C22H22ClF2N5O6S2. The van der Waals surface area contributed by atoms with Gasteiger partial charge in [0.1, 0.15) is 28.7 Å². The fourth-order valence-corrected chi connectivity index (χ4v) is 6.22. The van der Waals surface area contributed by atoms with Gasteiger partial charge < -0.3 is 19.2 Å². The van der Waals surface area contributed by atoms with E-state index in [2.05, 4.69) is 14.8 Å². The topological polar surface area (TPSA) is 123 Å². The average molecular weight is 590 g/mol. The van der Waals surface area contributed by atoms with Gasteiger partial charge in [0.15, 0.2) is 10.7 Å². The van der Waals surface area contributed by atoms with Gasteiger partial charge in [0.25, 0.3) is 10.0 Å². The monoisotopic (exact) mass is 589 g/mol. The fourth-order valence-electron chi connectivity index (χ4n) is 3.73. The Hall–Kier alpha value is -3.43. The Morgan fingerprint density at radius 3 is 2.58 bits per heavy atom. The van der Waals surface area contributed by atoms with E-state index < -0.39 is 49.9 Å². The number of nitrogens with one attached hydrogen (secondary N) is 1. The van der Waals surface area contributed by atoms with Gasteiger partial charge in [-0.05, 0) is 25.0 Å². The first-order valence-electron chi connectivity index (χ1n) is 11.1. The molecule has 2 aromatic carbocycles. The van der Waals surface area contributed by atoms with Gasteiger partial charge in [0.05, 0.1) is 26.5 Å². The molecule has 204 valence electrons. The summed E-state index contributed by atoms with van der Waals surface area (Å²) in [7, 11) is -2.10. The quantitative estimate of drug-likeness (QED) is 0.285. The van der Waals surface area contributed by atoms with Crippen LogP contribution in [0, 0.1) is 11.6 Å². The van der Waals surface area contributed by atoms with E-state index in [9.17, 15) is 13.2 Å². The molecule has 2 heterocycles. The number of rotatable bonds is 9. The standard InChI is InChI=1S/C22H22ClF2N5O6S2/c1-34-14-6-5-13(17(9-14)35-2)11-30(21-26-12-27-37-21)38(32,33)20-15(24)10-16(18(23)19(20)25)28-36-22(31)29-7-3-4-8-29/h5-6,9-10,12,28H,3-4,7-8,11H2,1-2H3. The van der Waals surface area contributed by atoms with E-state index in [1.165, 1.54) is 25.2 Å². The van der Waals surface area contributed by atoms with Crippen LogP contribution in [-0.2, 0) is 21.4 Å². The molecule has 0 aliphatic carbocycles. The lowest BCUT2D eigenvalue weighted by atomic mass is 10.2. The number of hydrogen-bond acceptors (Lipinski definition) is 10. The van der Waals surface area contributed by atoms with Gasteiger partial charge in [-0.1, -0.05) is 11.6 Å². The molecule has 1 fully saturated rings. The molecule has 4 rings (SSSR count). The summed E-state index contributed by atoms with van der Waals surface area (Å²) in [6, 6.07) is 5.28. The Bertz CT molecular complexity index is 1420. The minimum atomic E-state index is -4.93. The average Bonchev–Trinajstić information content (AvgIpc) is 3.63. The van der Waals surface area contributed by atoms with E-state index in [-0.39, 0.29) is 10.9 Å². The first-order chi connectivity index (χ1) is 18.2. The number of hydrogen-bond donors (Lipinski definition) is 1. The fraction of sp³-hybridized carbons (Fsp3) is 0.318. The summed E-state index contributed by atoms with van der Waals surface area (Å²) < 4.78 is 72.9. The van der Waals surface area contributed by atoms with Crippen LogP contribution in [0.3, 0.4) is 0 Å². The molecule has 0 saturated carbocycles. The summed E-state index contributed by atoms with van der Waals surface area (Å²) in [6.45, 7) is 0.553. The Kier molecular flexibility index (Phi) is 8.38. The highest BCUT2D eigenvalue weighted by atomic mass is 35.5. The van der Waals surface area contributed by atoms with Crippen molar-refractivity contribution >= 4 is 50.1 Å². The van der Waals surface area contributed by atoms with Gasteiger partial charge in [-0.3, -0.25) is 0 Å². The van der Waals surface area contributed by atoms with Crippen LogP contribution in [0.1, 0.15) is 18.4 Å². The van der Waals surface area contributed by atoms with Gasteiger partial charge in [0, 0.05) is 42.3 Å². The maximum atomic E-state index is 15.4. The molecule has 11 nitrogen and oxygen atoms in total. The van der Waals surface area contributed by atoms with E-state index >= 15 is 8.78 Å². The summed E-state index contributed by atoms with van der Waals surface area (Å²) >= 11 is 6.74. The summed E-state index contributed by atoms with van der Waals surface area (Å²) in [5.74, 6) is -2.33. The van der Waals surface area contributed by atoms with E-state index in [0.29, 0.717) is 46.3 Å². The highest BCUT2D eigenvalue weighted by Crippen LogP contribution is 2.37. The number of benzene rings is 2. The minimum Gasteiger partial charge on any atom is -0.497 e. The molecule has 1 aliphatic rings. The number of likely N-dealkylation sites (tertiary alicyclic amines) is 1. The number of nitrogens with zero attached hydrogens (tertiary/aromatic N) is 4.